The highest BCUT2D eigenvalue weighted by atomic mass is 32.1. The smallest absolute Gasteiger partial charge is 0.383 e. The SMILES string of the molecule is Nc1csc(NN=Cc2c(F)cccc2C(F)(F)F)n1. The number of hydrogen-bond acceptors (Lipinski definition) is 5. The minimum atomic E-state index is -4.66. The number of halogens is 4. The first-order valence-electron chi connectivity index (χ1n) is 5.23. The van der Waals surface area contributed by atoms with E-state index in [9.17, 15) is 17.6 Å². The molecule has 1 aromatic carbocycles. The Morgan fingerprint density at radius 2 is 2.10 bits per heavy atom. The molecule has 106 valence electrons. The number of alkyl halides is 3. The Morgan fingerprint density at radius 3 is 2.70 bits per heavy atom. The average molecular weight is 304 g/mol. The van der Waals surface area contributed by atoms with Gasteiger partial charge in [-0.05, 0) is 12.1 Å². The number of rotatable bonds is 3. The van der Waals surface area contributed by atoms with Gasteiger partial charge in [0, 0.05) is 10.9 Å². The zero-order valence-corrected chi connectivity index (χ0v) is 10.6. The Kier molecular flexibility index (Phi) is 3.89. The van der Waals surface area contributed by atoms with Crippen molar-refractivity contribution in [1.29, 1.82) is 0 Å². The molecule has 0 fully saturated rings. The van der Waals surface area contributed by atoms with Crippen molar-refractivity contribution in [3.63, 3.8) is 0 Å². The van der Waals surface area contributed by atoms with E-state index >= 15 is 0 Å². The summed E-state index contributed by atoms with van der Waals surface area (Å²) in [5, 5.41) is 5.36. The quantitative estimate of drug-likeness (QED) is 0.519. The lowest BCUT2D eigenvalue weighted by Gasteiger charge is -2.10. The fourth-order valence-electron chi connectivity index (χ4n) is 1.40. The second-order valence-corrected chi connectivity index (χ2v) is 4.50. The summed E-state index contributed by atoms with van der Waals surface area (Å²) in [4.78, 5) is 3.79. The molecule has 0 radical (unpaired) electrons. The summed E-state index contributed by atoms with van der Waals surface area (Å²) in [6, 6.07) is 2.70. The van der Waals surface area contributed by atoms with Crippen LogP contribution in [0.4, 0.5) is 28.5 Å². The highest BCUT2D eigenvalue weighted by molar-refractivity contribution is 7.14. The minimum Gasteiger partial charge on any atom is -0.383 e. The lowest BCUT2D eigenvalue weighted by atomic mass is 10.1. The molecule has 4 nitrogen and oxygen atoms in total. The third kappa shape index (κ3) is 3.23. The van der Waals surface area contributed by atoms with Crippen molar-refractivity contribution in [2.75, 3.05) is 11.2 Å². The maximum atomic E-state index is 13.5. The second kappa shape index (κ2) is 5.45. The van der Waals surface area contributed by atoms with Crippen molar-refractivity contribution in [3.8, 4) is 0 Å². The van der Waals surface area contributed by atoms with Crippen LogP contribution < -0.4 is 11.2 Å². The molecule has 0 saturated heterocycles. The van der Waals surface area contributed by atoms with Gasteiger partial charge in [0.25, 0.3) is 0 Å². The molecule has 0 atom stereocenters. The topological polar surface area (TPSA) is 63.3 Å². The highest BCUT2D eigenvalue weighted by Gasteiger charge is 2.33. The Morgan fingerprint density at radius 1 is 1.35 bits per heavy atom. The molecule has 0 aliphatic carbocycles. The van der Waals surface area contributed by atoms with Crippen LogP contribution in [0.5, 0.6) is 0 Å². The third-order valence-corrected chi connectivity index (χ3v) is 3.00. The number of anilines is 2. The number of thiazole rings is 1. The number of nitrogens with two attached hydrogens (primary N) is 1. The largest absolute Gasteiger partial charge is 0.417 e. The summed E-state index contributed by atoms with van der Waals surface area (Å²) in [5.74, 6) is -0.751. The molecule has 0 aliphatic rings. The van der Waals surface area contributed by atoms with Crippen molar-refractivity contribution in [3.05, 3.63) is 40.5 Å². The van der Waals surface area contributed by atoms with Gasteiger partial charge < -0.3 is 5.73 Å². The molecule has 9 heteroatoms. The third-order valence-electron chi connectivity index (χ3n) is 2.23. The molecule has 2 rings (SSSR count). The lowest BCUT2D eigenvalue weighted by molar-refractivity contribution is -0.137. The lowest BCUT2D eigenvalue weighted by Crippen LogP contribution is -2.10. The zero-order chi connectivity index (χ0) is 14.8. The van der Waals surface area contributed by atoms with Gasteiger partial charge in [-0.3, -0.25) is 5.43 Å². The fraction of sp³-hybridized carbons (Fsp3) is 0.0909. The van der Waals surface area contributed by atoms with Crippen LogP contribution in [0.15, 0.2) is 28.7 Å². The van der Waals surface area contributed by atoms with Crippen LogP contribution in [0.3, 0.4) is 0 Å². The number of nitrogen functional groups attached to an aromatic ring is 1. The first kappa shape index (κ1) is 14.3. The maximum Gasteiger partial charge on any atom is 0.417 e. The van der Waals surface area contributed by atoms with Gasteiger partial charge in [0.1, 0.15) is 11.6 Å². The molecular weight excluding hydrogens is 296 g/mol. The maximum absolute atomic E-state index is 13.5. The van der Waals surface area contributed by atoms with Crippen LogP contribution in [0, 0.1) is 5.82 Å². The van der Waals surface area contributed by atoms with Crippen molar-refractivity contribution in [2.24, 2.45) is 5.10 Å². The molecule has 0 amide bonds. The van der Waals surface area contributed by atoms with Crippen molar-refractivity contribution in [1.82, 2.24) is 4.98 Å². The molecule has 1 heterocycles. The molecule has 0 aliphatic heterocycles. The number of benzene rings is 1. The van der Waals surface area contributed by atoms with E-state index in [1.165, 1.54) is 5.38 Å². The Hall–Kier alpha value is -2.16. The first-order valence-corrected chi connectivity index (χ1v) is 6.11. The van der Waals surface area contributed by atoms with Crippen molar-refractivity contribution in [2.45, 2.75) is 6.18 Å². The van der Waals surface area contributed by atoms with Crippen LogP contribution >= 0.6 is 11.3 Å². The van der Waals surface area contributed by atoms with Gasteiger partial charge >= 0.3 is 6.18 Å². The van der Waals surface area contributed by atoms with E-state index in [-0.39, 0.29) is 5.82 Å². The summed E-state index contributed by atoms with van der Waals surface area (Å²) in [5.41, 5.74) is 6.01. The molecule has 0 spiro atoms. The van der Waals surface area contributed by atoms with Gasteiger partial charge in [-0.2, -0.15) is 18.3 Å². The Bertz CT molecular complexity index is 636. The standard InChI is InChI=1S/C11H8F4N4S/c12-8-3-1-2-7(11(13,14)15)6(8)4-17-19-10-18-9(16)5-20-10/h1-5H,16H2,(H,18,19). The normalized spacial score (nSPS) is 12.0. The monoisotopic (exact) mass is 304 g/mol. The summed E-state index contributed by atoms with van der Waals surface area (Å²) >= 11 is 1.12. The molecular formula is C11H8F4N4S. The Labute approximate surface area is 114 Å². The van der Waals surface area contributed by atoms with E-state index < -0.39 is 23.1 Å². The number of nitrogens with one attached hydrogen (secondary N) is 1. The van der Waals surface area contributed by atoms with E-state index in [0.717, 1.165) is 35.8 Å². The number of nitrogens with zero attached hydrogens (tertiary/aromatic N) is 2. The molecule has 0 unspecified atom stereocenters. The summed E-state index contributed by atoms with van der Waals surface area (Å²) in [7, 11) is 0. The van der Waals surface area contributed by atoms with Crippen LogP contribution in [0.1, 0.15) is 11.1 Å². The molecule has 20 heavy (non-hydrogen) atoms. The summed E-state index contributed by atoms with van der Waals surface area (Å²) < 4.78 is 51.6. The molecule has 2 aromatic rings. The van der Waals surface area contributed by atoms with Crippen LogP contribution in [0.25, 0.3) is 0 Å². The van der Waals surface area contributed by atoms with Crippen LogP contribution in [-0.2, 0) is 6.18 Å². The summed E-state index contributed by atoms with van der Waals surface area (Å²) in [6.07, 6.45) is -3.90. The fourth-order valence-corrected chi connectivity index (χ4v) is 1.95. The van der Waals surface area contributed by atoms with Crippen molar-refractivity contribution >= 4 is 28.5 Å². The number of hydrogen-bond donors (Lipinski definition) is 2. The minimum absolute atomic E-state index is 0.259. The van der Waals surface area contributed by atoms with Crippen LogP contribution in [-0.4, -0.2) is 11.2 Å². The second-order valence-electron chi connectivity index (χ2n) is 3.65. The average Bonchev–Trinajstić information content (AvgIpc) is 2.76. The van der Waals surface area contributed by atoms with Gasteiger partial charge in [-0.1, -0.05) is 6.07 Å². The van der Waals surface area contributed by atoms with E-state index in [2.05, 4.69) is 15.5 Å². The van der Waals surface area contributed by atoms with E-state index in [1.807, 2.05) is 0 Å². The molecule has 1 aromatic heterocycles. The number of aromatic nitrogens is 1. The molecule has 3 N–H and O–H groups in total. The predicted octanol–water partition coefficient (Wildman–Crippen LogP) is 3.33. The number of hydrazone groups is 1. The zero-order valence-electron chi connectivity index (χ0n) is 9.78. The van der Waals surface area contributed by atoms with E-state index in [1.54, 1.807) is 0 Å². The highest BCUT2D eigenvalue weighted by Crippen LogP contribution is 2.32. The summed E-state index contributed by atoms with van der Waals surface area (Å²) in [6.45, 7) is 0. The van der Waals surface area contributed by atoms with Gasteiger partial charge in [0.05, 0.1) is 11.8 Å². The van der Waals surface area contributed by atoms with Crippen molar-refractivity contribution < 1.29 is 17.6 Å². The first-order chi connectivity index (χ1) is 9.38. The van der Waals surface area contributed by atoms with E-state index in [4.69, 9.17) is 5.73 Å². The van der Waals surface area contributed by atoms with Gasteiger partial charge in [-0.15, -0.1) is 11.3 Å². The molecule has 0 bridgehead atoms. The van der Waals surface area contributed by atoms with Gasteiger partial charge in [0.2, 0.25) is 5.13 Å². The predicted molar refractivity (Wildman–Crippen MR) is 69.1 cm³/mol. The Balaban J connectivity index is 2.24. The van der Waals surface area contributed by atoms with Gasteiger partial charge in [-0.25, -0.2) is 9.37 Å². The molecule has 0 saturated carbocycles. The van der Waals surface area contributed by atoms with Crippen LogP contribution in [0.2, 0.25) is 0 Å². The van der Waals surface area contributed by atoms with E-state index in [0.29, 0.717) is 5.13 Å². The van der Waals surface area contributed by atoms with Gasteiger partial charge in [0.15, 0.2) is 0 Å².